The predicted molar refractivity (Wildman–Crippen MR) is 65.8 cm³/mol. The van der Waals surface area contributed by atoms with E-state index in [1.807, 2.05) is 6.92 Å². The third kappa shape index (κ3) is 3.06. The molecule has 1 aromatic carbocycles. The van der Waals surface area contributed by atoms with Crippen molar-refractivity contribution in [2.75, 3.05) is 0 Å². The van der Waals surface area contributed by atoms with Gasteiger partial charge < -0.3 is 9.15 Å². The topological polar surface area (TPSA) is 91.3 Å². The Kier molecular flexibility index (Phi) is 3.74. The average molecular weight is 263 g/mol. The average Bonchev–Trinajstić information content (AvgIpc) is 2.84. The van der Waals surface area contributed by atoms with Crippen LogP contribution in [0, 0.1) is 17.0 Å². The molecule has 0 aliphatic heterocycles. The molecule has 0 fully saturated rings. The number of rotatable bonds is 5. The van der Waals surface area contributed by atoms with E-state index in [0.29, 0.717) is 29.5 Å². The molecule has 0 spiro atoms. The maximum Gasteiger partial charge on any atom is 0.272 e. The molecule has 2 rings (SSSR count). The summed E-state index contributed by atoms with van der Waals surface area (Å²) in [6.45, 7) is 3.72. The van der Waals surface area contributed by atoms with Gasteiger partial charge in [-0.1, -0.05) is 6.92 Å². The zero-order valence-corrected chi connectivity index (χ0v) is 10.6. The lowest BCUT2D eigenvalue weighted by atomic mass is 10.2. The van der Waals surface area contributed by atoms with Crippen LogP contribution < -0.4 is 4.74 Å². The van der Waals surface area contributed by atoms with Crippen molar-refractivity contribution in [2.24, 2.45) is 0 Å². The van der Waals surface area contributed by atoms with Crippen LogP contribution in [0.2, 0.25) is 0 Å². The number of benzene rings is 1. The van der Waals surface area contributed by atoms with Gasteiger partial charge in [-0.2, -0.15) is 0 Å². The van der Waals surface area contributed by atoms with Gasteiger partial charge in [-0.05, 0) is 19.1 Å². The number of hydrogen-bond acceptors (Lipinski definition) is 6. The predicted octanol–water partition coefficient (Wildman–Crippen LogP) is 2.43. The summed E-state index contributed by atoms with van der Waals surface area (Å²) >= 11 is 0. The first kappa shape index (κ1) is 13.0. The van der Waals surface area contributed by atoms with Crippen LogP contribution in [0.3, 0.4) is 0 Å². The number of nitro groups is 1. The number of nitrogens with zero attached hydrogens (tertiary/aromatic N) is 3. The molecule has 100 valence electrons. The Balaban J connectivity index is 2.03. The summed E-state index contributed by atoms with van der Waals surface area (Å²) in [6, 6.07) is 4.56. The zero-order chi connectivity index (χ0) is 13.8. The summed E-state index contributed by atoms with van der Waals surface area (Å²) in [6.07, 6.45) is 0.670. The number of aryl methyl sites for hydroxylation is 2. The first-order chi connectivity index (χ1) is 9.10. The Morgan fingerprint density at radius 1 is 1.37 bits per heavy atom. The van der Waals surface area contributed by atoms with E-state index in [2.05, 4.69) is 10.2 Å². The zero-order valence-electron chi connectivity index (χ0n) is 10.6. The van der Waals surface area contributed by atoms with Gasteiger partial charge >= 0.3 is 0 Å². The Morgan fingerprint density at radius 3 is 2.68 bits per heavy atom. The molecule has 7 heteroatoms. The molecule has 0 atom stereocenters. The summed E-state index contributed by atoms with van der Waals surface area (Å²) in [5.41, 5.74) is 0.612. The molecule has 1 heterocycles. The van der Waals surface area contributed by atoms with Gasteiger partial charge in [0.05, 0.1) is 4.92 Å². The number of nitro benzene ring substituents is 1. The highest BCUT2D eigenvalue weighted by atomic mass is 16.6. The molecule has 1 aromatic heterocycles. The smallest absolute Gasteiger partial charge is 0.272 e. The fourth-order valence-corrected chi connectivity index (χ4v) is 1.56. The second-order valence-corrected chi connectivity index (χ2v) is 3.94. The SMILES string of the molecule is CCc1nnc(COc2ccc([N+](=O)[O-])c(C)c2)o1. The van der Waals surface area contributed by atoms with Crippen LogP contribution in [-0.2, 0) is 13.0 Å². The van der Waals surface area contributed by atoms with E-state index in [1.165, 1.54) is 6.07 Å². The second kappa shape index (κ2) is 5.47. The quantitative estimate of drug-likeness (QED) is 0.607. The molecule has 7 nitrogen and oxygen atoms in total. The highest BCUT2D eigenvalue weighted by Gasteiger charge is 2.11. The van der Waals surface area contributed by atoms with E-state index < -0.39 is 4.92 Å². The van der Waals surface area contributed by atoms with Crippen LogP contribution >= 0.6 is 0 Å². The van der Waals surface area contributed by atoms with Gasteiger partial charge in [0, 0.05) is 18.1 Å². The third-order valence-electron chi connectivity index (χ3n) is 2.54. The Morgan fingerprint density at radius 2 is 2.11 bits per heavy atom. The van der Waals surface area contributed by atoms with Crippen molar-refractivity contribution >= 4 is 5.69 Å². The van der Waals surface area contributed by atoms with Gasteiger partial charge in [0.1, 0.15) is 5.75 Å². The van der Waals surface area contributed by atoms with Crippen molar-refractivity contribution in [2.45, 2.75) is 26.9 Å². The minimum Gasteiger partial charge on any atom is -0.484 e. The molecule has 2 aromatic rings. The Bertz CT molecular complexity index is 594. The van der Waals surface area contributed by atoms with Crippen molar-refractivity contribution in [1.82, 2.24) is 10.2 Å². The molecular formula is C12H13N3O4. The number of aromatic nitrogens is 2. The van der Waals surface area contributed by atoms with Gasteiger partial charge in [-0.25, -0.2) is 0 Å². The van der Waals surface area contributed by atoms with Gasteiger partial charge in [-0.15, -0.1) is 10.2 Å². The lowest BCUT2D eigenvalue weighted by molar-refractivity contribution is -0.385. The molecule has 0 aliphatic rings. The van der Waals surface area contributed by atoms with Crippen molar-refractivity contribution in [3.63, 3.8) is 0 Å². The fourth-order valence-electron chi connectivity index (χ4n) is 1.56. The van der Waals surface area contributed by atoms with Gasteiger partial charge in [0.2, 0.25) is 5.89 Å². The van der Waals surface area contributed by atoms with E-state index in [0.717, 1.165) is 0 Å². The summed E-state index contributed by atoms with van der Waals surface area (Å²) in [5, 5.41) is 18.3. The van der Waals surface area contributed by atoms with Crippen LogP contribution in [0.15, 0.2) is 22.6 Å². The molecule has 0 N–H and O–H groups in total. The number of hydrogen-bond donors (Lipinski definition) is 0. The highest BCUT2D eigenvalue weighted by Crippen LogP contribution is 2.23. The highest BCUT2D eigenvalue weighted by molar-refractivity contribution is 5.44. The summed E-state index contributed by atoms with van der Waals surface area (Å²) in [7, 11) is 0. The first-order valence-electron chi connectivity index (χ1n) is 5.79. The van der Waals surface area contributed by atoms with Crippen molar-refractivity contribution < 1.29 is 14.1 Å². The van der Waals surface area contributed by atoms with Crippen LogP contribution in [0.4, 0.5) is 5.69 Å². The standard InChI is InChI=1S/C12H13N3O4/c1-3-11-13-14-12(19-11)7-18-9-4-5-10(15(16)17)8(2)6-9/h4-6H,3,7H2,1-2H3. The maximum atomic E-state index is 10.7. The number of ether oxygens (including phenoxy) is 1. The molecule has 0 saturated carbocycles. The van der Waals surface area contributed by atoms with E-state index in [9.17, 15) is 10.1 Å². The first-order valence-corrected chi connectivity index (χ1v) is 5.79. The molecule has 0 unspecified atom stereocenters. The van der Waals surface area contributed by atoms with Crippen molar-refractivity contribution in [1.29, 1.82) is 0 Å². The molecule has 0 radical (unpaired) electrons. The Labute approximate surface area is 109 Å². The Hall–Kier alpha value is -2.44. The molecule has 0 amide bonds. The minimum atomic E-state index is -0.426. The van der Waals surface area contributed by atoms with E-state index in [4.69, 9.17) is 9.15 Å². The van der Waals surface area contributed by atoms with Crippen LogP contribution in [-0.4, -0.2) is 15.1 Å². The lowest BCUT2D eigenvalue weighted by Crippen LogP contribution is -1.97. The summed E-state index contributed by atoms with van der Waals surface area (Å²) in [5.74, 6) is 1.46. The molecular weight excluding hydrogens is 250 g/mol. The third-order valence-corrected chi connectivity index (χ3v) is 2.54. The molecule has 0 aliphatic carbocycles. The van der Waals surface area contributed by atoms with E-state index in [1.54, 1.807) is 19.1 Å². The van der Waals surface area contributed by atoms with Crippen LogP contribution in [0.5, 0.6) is 5.75 Å². The monoisotopic (exact) mass is 263 g/mol. The van der Waals surface area contributed by atoms with E-state index in [-0.39, 0.29) is 12.3 Å². The molecule has 19 heavy (non-hydrogen) atoms. The summed E-state index contributed by atoms with van der Waals surface area (Å²) in [4.78, 5) is 10.3. The maximum absolute atomic E-state index is 10.7. The normalized spacial score (nSPS) is 10.4. The molecule has 0 bridgehead atoms. The second-order valence-electron chi connectivity index (χ2n) is 3.94. The summed E-state index contributed by atoms with van der Waals surface area (Å²) < 4.78 is 10.7. The van der Waals surface area contributed by atoms with Gasteiger partial charge in [0.25, 0.3) is 11.6 Å². The van der Waals surface area contributed by atoms with Crippen molar-refractivity contribution in [3.05, 3.63) is 45.7 Å². The van der Waals surface area contributed by atoms with Crippen LogP contribution in [0.1, 0.15) is 24.3 Å². The van der Waals surface area contributed by atoms with Gasteiger partial charge in [0.15, 0.2) is 6.61 Å². The largest absolute Gasteiger partial charge is 0.484 e. The fraction of sp³-hybridized carbons (Fsp3) is 0.333. The minimum absolute atomic E-state index is 0.0680. The van der Waals surface area contributed by atoms with Gasteiger partial charge in [-0.3, -0.25) is 10.1 Å². The van der Waals surface area contributed by atoms with E-state index >= 15 is 0 Å². The van der Waals surface area contributed by atoms with Crippen molar-refractivity contribution in [3.8, 4) is 5.75 Å². The van der Waals surface area contributed by atoms with Crippen LogP contribution in [0.25, 0.3) is 0 Å². The molecule has 0 saturated heterocycles. The lowest BCUT2D eigenvalue weighted by Gasteiger charge is -2.04.